The van der Waals surface area contributed by atoms with Crippen molar-refractivity contribution in [1.29, 1.82) is 0 Å². The molecule has 0 aliphatic heterocycles. The van der Waals surface area contributed by atoms with E-state index in [1.165, 1.54) is 46.2 Å². The SMILES string of the molecule is C=CCCc1ccc(CCCCc2ccc(-c3ccc(CCC=C)cc3)cc2)cc1. The molecule has 3 aromatic carbocycles. The lowest BCUT2D eigenvalue weighted by atomic mass is 9.99. The lowest BCUT2D eigenvalue weighted by molar-refractivity contribution is 0.734. The molecule has 3 aromatic rings. The van der Waals surface area contributed by atoms with Gasteiger partial charge in [0.1, 0.15) is 0 Å². The molecule has 0 heteroatoms. The fourth-order valence-corrected chi connectivity index (χ4v) is 3.80. The molecule has 0 nitrogen and oxygen atoms in total. The molecule has 0 saturated heterocycles. The third kappa shape index (κ3) is 6.88. The normalized spacial score (nSPS) is 10.7. The van der Waals surface area contributed by atoms with E-state index >= 15 is 0 Å². The molecule has 0 saturated carbocycles. The van der Waals surface area contributed by atoms with Crippen LogP contribution >= 0.6 is 0 Å². The summed E-state index contributed by atoms with van der Waals surface area (Å²) in [5.41, 5.74) is 8.25. The van der Waals surface area contributed by atoms with Crippen molar-refractivity contribution in [3.05, 3.63) is 120 Å². The Kier molecular flexibility index (Phi) is 8.72. The first-order valence-corrected chi connectivity index (χ1v) is 11.3. The van der Waals surface area contributed by atoms with Gasteiger partial charge in [-0.2, -0.15) is 0 Å². The quantitative estimate of drug-likeness (QED) is 0.215. The smallest absolute Gasteiger partial charge is 0.0184 e. The zero-order valence-electron chi connectivity index (χ0n) is 18.2. The summed E-state index contributed by atoms with van der Waals surface area (Å²) < 4.78 is 0. The highest BCUT2D eigenvalue weighted by atomic mass is 14.1. The van der Waals surface area contributed by atoms with Crippen molar-refractivity contribution >= 4 is 0 Å². The molecule has 0 aromatic heterocycles. The molecule has 0 aliphatic rings. The molecule has 3 rings (SSSR count). The molecule has 0 unspecified atom stereocenters. The van der Waals surface area contributed by atoms with Crippen LogP contribution in [0.4, 0.5) is 0 Å². The zero-order chi connectivity index (χ0) is 21.0. The van der Waals surface area contributed by atoms with E-state index in [9.17, 15) is 0 Å². The van der Waals surface area contributed by atoms with E-state index in [0.29, 0.717) is 0 Å². The van der Waals surface area contributed by atoms with Gasteiger partial charge in [0.15, 0.2) is 0 Å². The number of benzene rings is 3. The molecular formula is C30H34. The second kappa shape index (κ2) is 12.0. The van der Waals surface area contributed by atoms with Crippen LogP contribution in [0.2, 0.25) is 0 Å². The van der Waals surface area contributed by atoms with E-state index in [4.69, 9.17) is 0 Å². The van der Waals surface area contributed by atoms with Crippen molar-refractivity contribution in [3.8, 4) is 11.1 Å². The Bertz CT molecular complexity index is 896. The van der Waals surface area contributed by atoms with Crippen LogP contribution in [-0.4, -0.2) is 0 Å². The van der Waals surface area contributed by atoms with E-state index in [1.807, 2.05) is 12.2 Å². The maximum atomic E-state index is 3.80. The van der Waals surface area contributed by atoms with E-state index < -0.39 is 0 Å². The predicted molar refractivity (Wildman–Crippen MR) is 132 cm³/mol. The maximum absolute atomic E-state index is 3.80. The number of hydrogen-bond acceptors (Lipinski definition) is 0. The Balaban J connectivity index is 1.43. The third-order valence-corrected chi connectivity index (χ3v) is 5.72. The summed E-state index contributed by atoms with van der Waals surface area (Å²) in [4.78, 5) is 0. The highest BCUT2D eigenvalue weighted by molar-refractivity contribution is 5.64. The number of allylic oxidation sites excluding steroid dienone is 2. The largest absolute Gasteiger partial charge is 0.103 e. The van der Waals surface area contributed by atoms with Gasteiger partial charge in [-0.1, -0.05) is 84.9 Å². The third-order valence-electron chi connectivity index (χ3n) is 5.72. The number of rotatable bonds is 12. The van der Waals surface area contributed by atoms with Gasteiger partial charge in [0.2, 0.25) is 0 Å². The molecule has 0 amide bonds. The average Bonchev–Trinajstić information content (AvgIpc) is 2.81. The Morgan fingerprint density at radius 3 is 1.07 bits per heavy atom. The summed E-state index contributed by atoms with van der Waals surface area (Å²) in [6.07, 6.45) is 13.0. The highest BCUT2D eigenvalue weighted by Crippen LogP contribution is 2.22. The summed E-state index contributed by atoms with van der Waals surface area (Å²) >= 11 is 0. The van der Waals surface area contributed by atoms with Crippen LogP contribution in [0.5, 0.6) is 0 Å². The Morgan fingerprint density at radius 2 is 0.733 bits per heavy atom. The number of aryl methyl sites for hydroxylation is 4. The van der Waals surface area contributed by atoms with Gasteiger partial charge in [0.05, 0.1) is 0 Å². The van der Waals surface area contributed by atoms with Crippen LogP contribution in [-0.2, 0) is 25.7 Å². The van der Waals surface area contributed by atoms with E-state index in [0.717, 1.165) is 38.5 Å². The van der Waals surface area contributed by atoms with E-state index in [2.05, 4.69) is 86.0 Å². The van der Waals surface area contributed by atoms with Crippen LogP contribution in [0.25, 0.3) is 11.1 Å². The molecule has 0 heterocycles. The fourth-order valence-electron chi connectivity index (χ4n) is 3.80. The second-order valence-corrected chi connectivity index (χ2v) is 8.07. The fraction of sp³-hybridized carbons (Fsp3) is 0.267. The topological polar surface area (TPSA) is 0 Å². The zero-order valence-corrected chi connectivity index (χ0v) is 18.2. The highest BCUT2D eigenvalue weighted by Gasteiger charge is 2.01. The molecule has 0 radical (unpaired) electrons. The minimum atomic E-state index is 1.04. The van der Waals surface area contributed by atoms with Gasteiger partial charge in [-0.05, 0) is 84.7 Å². The van der Waals surface area contributed by atoms with Crippen molar-refractivity contribution in [2.45, 2.75) is 51.4 Å². The summed E-state index contributed by atoms with van der Waals surface area (Å²) in [5, 5.41) is 0. The standard InChI is InChI=1S/C30H34/c1-3-5-9-25-13-15-27(16-14-25)11-7-8-12-28-19-23-30(24-20-28)29-21-17-26(18-22-29)10-6-4-2/h3-4,13-24H,1-2,5-12H2. The molecule has 0 N–H and O–H groups in total. The second-order valence-electron chi connectivity index (χ2n) is 8.07. The van der Waals surface area contributed by atoms with E-state index in [1.54, 1.807) is 0 Å². The first-order valence-electron chi connectivity index (χ1n) is 11.3. The first kappa shape index (κ1) is 21.8. The molecule has 0 fully saturated rings. The summed E-state index contributed by atoms with van der Waals surface area (Å²) in [6, 6.07) is 27.1. The van der Waals surface area contributed by atoms with Crippen LogP contribution in [0.1, 0.15) is 47.9 Å². The molecule has 0 atom stereocenters. The maximum Gasteiger partial charge on any atom is -0.0184 e. The Morgan fingerprint density at radius 1 is 0.433 bits per heavy atom. The van der Waals surface area contributed by atoms with Gasteiger partial charge < -0.3 is 0 Å². The number of unbranched alkanes of at least 4 members (excludes halogenated alkanes) is 1. The van der Waals surface area contributed by atoms with Gasteiger partial charge in [-0.3, -0.25) is 0 Å². The van der Waals surface area contributed by atoms with Crippen LogP contribution in [0.3, 0.4) is 0 Å². The monoisotopic (exact) mass is 394 g/mol. The van der Waals surface area contributed by atoms with Crippen LogP contribution < -0.4 is 0 Å². The van der Waals surface area contributed by atoms with Gasteiger partial charge in [0, 0.05) is 0 Å². The average molecular weight is 395 g/mol. The first-order chi connectivity index (χ1) is 14.8. The van der Waals surface area contributed by atoms with Crippen molar-refractivity contribution < 1.29 is 0 Å². The van der Waals surface area contributed by atoms with Gasteiger partial charge in [-0.25, -0.2) is 0 Å². The molecule has 0 aliphatic carbocycles. The summed E-state index contributed by atoms with van der Waals surface area (Å²) in [5.74, 6) is 0. The van der Waals surface area contributed by atoms with Crippen LogP contribution in [0.15, 0.2) is 98.1 Å². The minimum absolute atomic E-state index is 1.04. The number of hydrogen-bond donors (Lipinski definition) is 0. The molecule has 30 heavy (non-hydrogen) atoms. The molecular weight excluding hydrogens is 360 g/mol. The van der Waals surface area contributed by atoms with Gasteiger partial charge in [-0.15, -0.1) is 13.2 Å². The lowest BCUT2D eigenvalue weighted by Gasteiger charge is -2.07. The summed E-state index contributed by atoms with van der Waals surface area (Å²) in [6.45, 7) is 7.60. The Labute approximate surface area is 183 Å². The minimum Gasteiger partial charge on any atom is -0.103 e. The lowest BCUT2D eigenvalue weighted by Crippen LogP contribution is -1.91. The van der Waals surface area contributed by atoms with Crippen molar-refractivity contribution in [2.24, 2.45) is 0 Å². The molecule has 0 spiro atoms. The van der Waals surface area contributed by atoms with Crippen LogP contribution in [0, 0.1) is 0 Å². The van der Waals surface area contributed by atoms with E-state index in [-0.39, 0.29) is 0 Å². The van der Waals surface area contributed by atoms with Crippen molar-refractivity contribution in [2.75, 3.05) is 0 Å². The van der Waals surface area contributed by atoms with Gasteiger partial charge >= 0.3 is 0 Å². The predicted octanol–water partition coefficient (Wildman–Crippen LogP) is 8.16. The van der Waals surface area contributed by atoms with Gasteiger partial charge in [0.25, 0.3) is 0 Å². The van der Waals surface area contributed by atoms with Crippen molar-refractivity contribution in [1.82, 2.24) is 0 Å². The molecule has 0 bridgehead atoms. The Hall–Kier alpha value is -2.86. The summed E-state index contributed by atoms with van der Waals surface area (Å²) in [7, 11) is 0. The van der Waals surface area contributed by atoms with Crippen molar-refractivity contribution in [3.63, 3.8) is 0 Å². The molecule has 154 valence electrons.